The Kier molecular flexibility index (Phi) is 3.71. The normalized spacial score (nSPS) is 13.1. The smallest absolute Gasteiger partial charge is 0.126 e. The van der Waals surface area contributed by atoms with E-state index in [0.717, 1.165) is 33.9 Å². The maximum atomic E-state index is 9.27. The Balaban J connectivity index is 1.78. The summed E-state index contributed by atoms with van der Waals surface area (Å²) >= 11 is 5.30. The van der Waals surface area contributed by atoms with Crippen LogP contribution >= 0.6 is 27.7 Å². The van der Waals surface area contributed by atoms with Gasteiger partial charge in [-0.15, -0.1) is 11.8 Å². The summed E-state index contributed by atoms with van der Waals surface area (Å²) < 4.78 is 6.83. The van der Waals surface area contributed by atoms with Crippen LogP contribution in [0.3, 0.4) is 0 Å². The number of thioether (sulfide) groups is 1. The minimum atomic E-state index is 0.302. The maximum Gasteiger partial charge on any atom is 0.126 e. The molecular weight excluding hydrogens is 324 g/mol. The van der Waals surface area contributed by atoms with Crippen molar-refractivity contribution in [3.63, 3.8) is 0 Å². The average Bonchev–Trinajstić information content (AvgIpc) is 2.85. The van der Waals surface area contributed by atoms with Gasteiger partial charge in [-0.1, -0.05) is 15.9 Å². The van der Waals surface area contributed by atoms with Gasteiger partial charge < -0.3 is 9.84 Å². The quantitative estimate of drug-likeness (QED) is 0.843. The summed E-state index contributed by atoms with van der Waals surface area (Å²) in [6.07, 6.45) is 0.992. The Labute approximate surface area is 124 Å². The molecule has 1 aliphatic heterocycles. The molecule has 98 valence electrons. The van der Waals surface area contributed by atoms with E-state index in [1.807, 2.05) is 12.1 Å². The van der Waals surface area contributed by atoms with E-state index in [-0.39, 0.29) is 0 Å². The molecule has 2 aromatic rings. The summed E-state index contributed by atoms with van der Waals surface area (Å²) in [5, 5.41) is 9.27. The molecule has 1 heterocycles. The number of hydrogen-bond acceptors (Lipinski definition) is 3. The van der Waals surface area contributed by atoms with Gasteiger partial charge in [0.1, 0.15) is 11.5 Å². The Morgan fingerprint density at radius 2 is 2.00 bits per heavy atom. The van der Waals surface area contributed by atoms with E-state index in [1.165, 1.54) is 11.1 Å². The highest BCUT2D eigenvalue weighted by Crippen LogP contribution is 2.36. The largest absolute Gasteiger partial charge is 0.508 e. The molecule has 0 aliphatic carbocycles. The van der Waals surface area contributed by atoms with E-state index in [4.69, 9.17) is 4.74 Å². The van der Waals surface area contributed by atoms with Crippen molar-refractivity contribution in [1.82, 2.24) is 0 Å². The number of benzene rings is 2. The van der Waals surface area contributed by atoms with E-state index in [9.17, 15) is 5.11 Å². The third-order valence-electron chi connectivity index (χ3n) is 3.06. The molecule has 1 N–H and O–H groups in total. The average molecular weight is 337 g/mol. The fourth-order valence-corrected chi connectivity index (χ4v) is 3.57. The lowest BCUT2D eigenvalue weighted by atomic mass is 10.1. The van der Waals surface area contributed by atoms with Gasteiger partial charge in [-0.2, -0.15) is 0 Å². The lowest BCUT2D eigenvalue weighted by Crippen LogP contribution is -1.90. The van der Waals surface area contributed by atoms with Crippen molar-refractivity contribution < 1.29 is 9.84 Å². The van der Waals surface area contributed by atoms with Crippen LogP contribution in [-0.4, -0.2) is 11.7 Å². The summed E-state index contributed by atoms with van der Waals surface area (Å²) in [6, 6.07) is 11.5. The zero-order valence-corrected chi connectivity index (χ0v) is 12.6. The van der Waals surface area contributed by atoms with Gasteiger partial charge >= 0.3 is 0 Å². The highest BCUT2D eigenvalue weighted by atomic mass is 79.9. The van der Waals surface area contributed by atoms with Gasteiger partial charge in [0.2, 0.25) is 0 Å². The van der Waals surface area contributed by atoms with Crippen molar-refractivity contribution in [3.8, 4) is 11.5 Å². The number of fused-ring (bicyclic) bond motifs is 1. The van der Waals surface area contributed by atoms with Gasteiger partial charge in [-0.25, -0.2) is 0 Å². The second-order valence-electron chi connectivity index (χ2n) is 4.43. The maximum absolute atomic E-state index is 9.27. The van der Waals surface area contributed by atoms with Crippen LogP contribution in [0.15, 0.2) is 45.8 Å². The first kappa shape index (κ1) is 12.9. The molecule has 0 radical (unpaired) electrons. The van der Waals surface area contributed by atoms with Crippen LogP contribution in [0.1, 0.15) is 11.1 Å². The number of aromatic hydroxyl groups is 1. The van der Waals surface area contributed by atoms with E-state index < -0.39 is 0 Å². The van der Waals surface area contributed by atoms with Crippen LogP contribution < -0.4 is 4.74 Å². The second kappa shape index (κ2) is 5.47. The third kappa shape index (κ3) is 2.90. The van der Waals surface area contributed by atoms with Crippen LogP contribution in [0.4, 0.5) is 0 Å². The fraction of sp³-hybridized carbons (Fsp3) is 0.200. The SMILES string of the molecule is Oc1ccc(SCc2cc(Br)cc3c2OCC3)cc1. The molecule has 4 heteroatoms. The Morgan fingerprint density at radius 3 is 2.79 bits per heavy atom. The monoisotopic (exact) mass is 336 g/mol. The zero-order valence-electron chi connectivity index (χ0n) is 10.2. The molecule has 0 fully saturated rings. The van der Waals surface area contributed by atoms with Crippen molar-refractivity contribution in [3.05, 3.63) is 52.0 Å². The highest BCUT2D eigenvalue weighted by molar-refractivity contribution is 9.10. The van der Waals surface area contributed by atoms with Gasteiger partial charge in [-0.05, 0) is 42.0 Å². The molecular formula is C15H13BrO2S. The van der Waals surface area contributed by atoms with Crippen molar-refractivity contribution in [1.29, 1.82) is 0 Å². The lowest BCUT2D eigenvalue weighted by molar-refractivity contribution is 0.354. The van der Waals surface area contributed by atoms with Gasteiger partial charge in [0, 0.05) is 27.1 Å². The van der Waals surface area contributed by atoms with Crippen LogP contribution in [0, 0.1) is 0 Å². The number of phenolic OH excluding ortho intramolecular Hbond substituents is 1. The molecule has 0 atom stereocenters. The number of halogens is 1. The van der Waals surface area contributed by atoms with E-state index in [0.29, 0.717) is 5.75 Å². The summed E-state index contributed by atoms with van der Waals surface area (Å²) in [5.41, 5.74) is 2.51. The summed E-state index contributed by atoms with van der Waals surface area (Å²) in [5.74, 6) is 2.22. The van der Waals surface area contributed by atoms with E-state index in [1.54, 1.807) is 23.9 Å². The molecule has 0 spiro atoms. The van der Waals surface area contributed by atoms with Crippen LogP contribution in [-0.2, 0) is 12.2 Å². The number of hydrogen-bond donors (Lipinski definition) is 1. The molecule has 0 amide bonds. The highest BCUT2D eigenvalue weighted by Gasteiger charge is 2.17. The zero-order chi connectivity index (χ0) is 13.2. The summed E-state index contributed by atoms with van der Waals surface area (Å²) in [4.78, 5) is 1.14. The number of phenols is 1. The summed E-state index contributed by atoms with van der Waals surface area (Å²) in [7, 11) is 0. The molecule has 0 unspecified atom stereocenters. The van der Waals surface area contributed by atoms with Gasteiger partial charge in [0.25, 0.3) is 0 Å². The molecule has 1 aliphatic rings. The molecule has 0 saturated carbocycles. The predicted molar refractivity (Wildman–Crippen MR) is 81.0 cm³/mol. The van der Waals surface area contributed by atoms with Crippen LogP contribution in [0.2, 0.25) is 0 Å². The first-order chi connectivity index (χ1) is 9.22. The first-order valence-corrected chi connectivity index (χ1v) is 7.86. The molecule has 0 aromatic heterocycles. The summed E-state index contributed by atoms with van der Waals surface area (Å²) in [6.45, 7) is 0.780. The molecule has 0 saturated heterocycles. The topological polar surface area (TPSA) is 29.5 Å². The molecule has 2 nitrogen and oxygen atoms in total. The predicted octanol–water partition coefficient (Wildman–Crippen LogP) is 4.38. The lowest BCUT2D eigenvalue weighted by Gasteiger charge is -2.09. The van der Waals surface area contributed by atoms with Crippen molar-refractivity contribution in [2.24, 2.45) is 0 Å². The van der Waals surface area contributed by atoms with Crippen molar-refractivity contribution in [2.45, 2.75) is 17.1 Å². The van der Waals surface area contributed by atoms with Gasteiger partial charge in [-0.3, -0.25) is 0 Å². The minimum Gasteiger partial charge on any atom is -0.508 e. The Morgan fingerprint density at radius 1 is 1.21 bits per heavy atom. The number of ether oxygens (including phenoxy) is 1. The second-order valence-corrected chi connectivity index (χ2v) is 6.40. The molecule has 2 aromatic carbocycles. The Hall–Kier alpha value is -1.13. The third-order valence-corrected chi connectivity index (χ3v) is 4.58. The minimum absolute atomic E-state index is 0.302. The van der Waals surface area contributed by atoms with Crippen molar-refractivity contribution in [2.75, 3.05) is 6.61 Å². The van der Waals surface area contributed by atoms with Crippen LogP contribution in [0.5, 0.6) is 11.5 Å². The van der Waals surface area contributed by atoms with Crippen molar-refractivity contribution >= 4 is 27.7 Å². The standard InChI is InChI=1S/C15H13BrO2S/c16-12-7-10-5-6-18-15(10)11(8-12)9-19-14-3-1-13(17)2-4-14/h1-4,7-8,17H,5-6,9H2. The van der Waals surface area contributed by atoms with Gasteiger partial charge in [0.05, 0.1) is 6.61 Å². The number of rotatable bonds is 3. The van der Waals surface area contributed by atoms with Gasteiger partial charge in [0.15, 0.2) is 0 Å². The Bertz CT molecular complexity index is 596. The van der Waals surface area contributed by atoms with E-state index in [2.05, 4.69) is 28.1 Å². The van der Waals surface area contributed by atoms with E-state index >= 15 is 0 Å². The molecule has 0 bridgehead atoms. The molecule has 3 rings (SSSR count). The fourth-order valence-electron chi connectivity index (χ4n) is 2.16. The first-order valence-electron chi connectivity index (χ1n) is 6.08. The molecule has 19 heavy (non-hydrogen) atoms. The van der Waals surface area contributed by atoms with Crippen LogP contribution in [0.25, 0.3) is 0 Å².